The number of hydrogen-bond donors (Lipinski definition) is 1. The third-order valence-corrected chi connectivity index (χ3v) is 3.12. The van der Waals surface area contributed by atoms with Crippen LogP contribution in [0.4, 0.5) is 10.1 Å². The molecule has 1 aromatic carbocycles. The molecule has 1 atom stereocenters. The molecule has 1 N–H and O–H groups in total. The Morgan fingerprint density at radius 2 is 2.18 bits per heavy atom. The molecule has 17 heavy (non-hydrogen) atoms. The summed E-state index contributed by atoms with van der Waals surface area (Å²) in [5.41, 5.74) is -0.377. The van der Waals surface area contributed by atoms with Crippen molar-refractivity contribution in [1.82, 2.24) is 0 Å². The van der Waals surface area contributed by atoms with Gasteiger partial charge in [0.1, 0.15) is 5.67 Å². The fourth-order valence-electron chi connectivity index (χ4n) is 2.33. The summed E-state index contributed by atoms with van der Waals surface area (Å²) in [7, 11) is 0. The van der Waals surface area contributed by atoms with Crippen molar-refractivity contribution in [3.05, 3.63) is 29.8 Å². The summed E-state index contributed by atoms with van der Waals surface area (Å²) < 4.78 is 14.0. The van der Waals surface area contributed by atoms with Crippen LogP contribution < -0.4 is 4.90 Å². The van der Waals surface area contributed by atoms with E-state index in [4.69, 9.17) is 5.11 Å². The lowest BCUT2D eigenvalue weighted by atomic mass is 9.96. The Labute approximate surface area is 99.9 Å². The summed E-state index contributed by atoms with van der Waals surface area (Å²) in [4.78, 5) is 12.9. The van der Waals surface area contributed by atoms with Gasteiger partial charge < -0.3 is 10.0 Å². The highest BCUT2D eigenvalue weighted by Gasteiger charge is 2.31. The van der Waals surface area contributed by atoms with Crippen molar-refractivity contribution in [3.8, 4) is 0 Å². The number of carboxylic acids is 1. The lowest BCUT2D eigenvalue weighted by Gasteiger charge is -2.37. The fraction of sp³-hybridized carbons (Fsp3) is 0.462. The second kappa shape index (κ2) is 4.35. The zero-order valence-electron chi connectivity index (χ0n) is 9.82. The van der Waals surface area contributed by atoms with Crippen molar-refractivity contribution >= 4 is 11.7 Å². The first-order valence-electron chi connectivity index (χ1n) is 5.76. The van der Waals surface area contributed by atoms with E-state index in [1.54, 1.807) is 31.2 Å². The summed E-state index contributed by atoms with van der Waals surface area (Å²) in [5, 5.41) is 9.11. The quantitative estimate of drug-likeness (QED) is 0.859. The normalized spacial score (nSPS) is 24.7. The van der Waals surface area contributed by atoms with E-state index in [1.807, 2.05) is 4.90 Å². The van der Waals surface area contributed by atoms with E-state index in [2.05, 4.69) is 0 Å². The van der Waals surface area contributed by atoms with Gasteiger partial charge in [-0.05, 0) is 31.9 Å². The van der Waals surface area contributed by atoms with E-state index in [1.165, 1.54) is 0 Å². The van der Waals surface area contributed by atoms with Crippen LogP contribution in [0.2, 0.25) is 0 Å². The molecule has 1 saturated heterocycles. The maximum atomic E-state index is 14.0. The molecule has 0 aromatic heterocycles. The van der Waals surface area contributed by atoms with E-state index >= 15 is 0 Å². The Kier molecular flexibility index (Phi) is 3.05. The van der Waals surface area contributed by atoms with Gasteiger partial charge in [-0.2, -0.15) is 0 Å². The minimum absolute atomic E-state index is 0.241. The summed E-state index contributed by atoms with van der Waals surface area (Å²) in [5.74, 6) is -0.966. The van der Waals surface area contributed by atoms with Gasteiger partial charge in [0.25, 0.3) is 0 Å². The summed E-state index contributed by atoms with van der Waals surface area (Å²) in [6.45, 7) is 2.55. The Morgan fingerprint density at radius 1 is 1.47 bits per heavy atom. The van der Waals surface area contributed by atoms with Crippen molar-refractivity contribution in [3.63, 3.8) is 0 Å². The molecule has 2 rings (SSSR count). The number of carboxylic acid groups (broad SMARTS) is 1. The number of nitrogens with zero attached hydrogens (tertiary/aromatic N) is 1. The Balaban J connectivity index is 2.30. The molecule has 1 unspecified atom stereocenters. The highest BCUT2D eigenvalue weighted by Crippen LogP contribution is 2.30. The topological polar surface area (TPSA) is 40.5 Å². The highest BCUT2D eigenvalue weighted by molar-refractivity contribution is 5.94. The molecule has 0 saturated carbocycles. The van der Waals surface area contributed by atoms with E-state index < -0.39 is 11.6 Å². The van der Waals surface area contributed by atoms with Crippen LogP contribution in [-0.4, -0.2) is 29.8 Å². The molecule has 4 heteroatoms. The van der Waals surface area contributed by atoms with Crippen LogP contribution in [0.25, 0.3) is 0 Å². The molecule has 0 aliphatic carbocycles. The molecule has 1 fully saturated rings. The molecule has 1 aliphatic heterocycles. The summed E-state index contributed by atoms with van der Waals surface area (Å²) in [6.07, 6.45) is 1.29. The first-order chi connectivity index (χ1) is 7.99. The molecule has 0 radical (unpaired) electrons. The molecule has 1 aromatic rings. The van der Waals surface area contributed by atoms with Gasteiger partial charge in [0.2, 0.25) is 0 Å². The number of piperidine rings is 1. The molecule has 0 amide bonds. The van der Waals surface area contributed by atoms with Gasteiger partial charge in [-0.3, -0.25) is 0 Å². The number of hydrogen-bond acceptors (Lipinski definition) is 2. The van der Waals surface area contributed by atoms with Crippen molar-refractivity contribution in [2.45, 2.75) is 25.4 Å². The van der Waals surface area contributed by atoms with Gasteiger partial charge in [-0.25, -0.2) is 9.18 Å². The van der Waals surface area contributed by atoms with Crippen LogP contribution in [0.1, 0.15) is 30.1 Å². The molecule has 0 bridgehead atoms. The molecular formula is C13H16FNO2. The molecule has 3 nitrogen and oxygen atoms in total. The number of aromatic carboxylic acids is 1. The standard InChI is InChI=1S/C13H16FNO2/c1-13(14)7-4-8-15(9-13)11-6-3-2-5-10(11)12(16)17/h2-3,5-6H,4,7-9H2,1H3,(H,16,17). The maximum Gasteiger partial charge on any atom is 0.337 e. The van der Waals surface area contributed by atoms with Gasteiger partial charge >= 0.3 is 5.97 Å². The van der Waals surface area contributed by atoms with Crippen LogP contribution in [0.5, 0.6) is 0 Å². The average Bonchev–Trinajstić information content (AvgIpc) is 2.27. The second-order valence-corrected chi connectivity index (χ2v) is 4.76. The third kappa shape index (κ3) is 2.57. The first-order valence-corrected chi connectivity index (χ1v) is 5.76. The van der Waals surface area contributed by atoms with Gasteiger partial charge in [0.15, 0.2) is 0 Å². The number of rotatable bonds is 2. The monoisotopic (exact) mass is 237 g/mol. The third-order valence-electron chi connectivity index (χ3n) is 3.12. The Bertz CT molecular complexity index is 431. The van der Waals surface area contributed by atoms with Crippen LogP contribution in [-0.2, 0) is 0 Å². The summed E-state index contributed by atoms with van der Waals surface area (Å²) in [6, 6.07) is 6.77. The largest absolute Gasteiger partial charge is 0.478 e. The number of benzene rings is 1. The van der Waals surface area contributed by atoms with Crippen LogP contribution in [0, 0.1) is 0 Å². The van der Waals surface area contributed by atoms with Crippen LogP contribution >= 0.6 is 0 Å². The number of alkyl halides is 1. The van der Waals surface area contributed by atoms with Gasteiger partial charge in [-0.1, -0.05) is 12.1 Å². The van der Waals surface area contributed by atoms with E-state index in [9.17, 15) is 9.18 Å². The predicted octanol–water partition coefficient (Wildman–Crippen LogP) is 2.71. The lowest BCUT2D eigenvalue weighted by Crippen LogP contribution is -2.44. The zero-order valence-corrected chi connectivity index (χ0v) is 9.82. The van der Waals surface area contributed by atoms with Crippen molar-refractivity contribution in [1.29, 1.82) is 0 Å². The predicted molar refractivity (Wildman–Crippen MR) is 64.4 cm³/mol. The van der Waals surface area contributed by atoms with Crippen molar-refractivity contribution in [2.75, 3.05) is 18.0 Å². The first kappa shape index (κ1) is 11.9. The maximum absolute atomic E-state index is 14.0. The zero-order chi connectivity index (χ0) is 12.5. The average molecular weight is 237 g/mol. The van der Waals surface area contributed by atoms with Crippen LogP contribution in [0.3, 0.4) is 0 Å². The lowest BCUT2D eigenvalue weighted by molar-refractivity contribution is 0.0696. The van der Waals surface area contributed by atoms with Crippen molar-refractivity contribution in [2.24, 2.45) is 0 Å². The molecule has 0 spiro atoms. The molecule has 92 valence electrons. The minimum Gasteiger partial charge on any atom is -0.478 e. The highest BCUT2D eigenvalue weighted by atomic mass is 19.1. The molecular weight excluding hydrogens is 221 g/mol. The SMILES string of the molecule is CC1(F)CCCN(c2ccccc2C(=O)O)C1. The van der Waals surface area contributed by atoms with Gasteiger partial charge in [0, 0.05) is 6.54 Å². The molecule has 1 aliphatic rings. The van der Waals surface area contributed by atoms with Crippen LogP contribution in [0.15, 0.2) is 24.3 Å². The molecule has 1 heterocycles. The number of carbonyl (C=O) groups is 1. The van der Waals surface area contributed by atoms with Crippen molar-refractivity contribution < 1.29 is 14.3 Å². The van der Waals surface area contributed by atoms with E-state index in [-0.39, 0.29) is 12.1 Å². The summed E-state index contributed by atoms with van der Waals surface area (Å²) >= 11 is 0. The number of halogens is 1. The Hall–Kier alpha value is -1.58. The smallest absolute Gasteiger partial charge is 0.337 e. The van der Waals surface area contributed by atoms with E-state index in [0.717, 1.165) is 6.42 Å². The van der Waals surface area contributed by atoms with Gasteiger partial charge in [0.05, 0.1) is 17.8 Å². The Morgan fingerprint density at radius 3 is 2.82 bits per heavy atom. The number of para-hydroxylation sites is 1. The fourth-order valence-corrected chi connectivity index (χ4v) is 2.33. The number of anilines is 1. The minimum atomic E-state index is -1.23. The van der Waals surface area contributed by atoms with Gasteiger partial charge in [-0.15, -0.1) is 0 Å². The van der Waals surface area contributed by atoms with E-state index in [0.29, 0.717) is 18.7 Å². The second-order valence-electron chi connectivity index (χ2n) is 4.76.